The molecule has 1 unspecified atom stereocenters. The maximum absolute atomic E-state index is 13.6. The van der Waals surface area contributed by atoms with Gasteiger partial charge in [0.1, 0.15) is 5.82 Å². The van der Waals surface area contributed by atoms with Crippen LogP contribution in [0.15, 0.2) is 29.6 Å². The van der Waals surface area contributed by atoms with E-state index in [2.05, 4.69) is 18.4 Å². The molecule has 0 N–H and O–H groups in total. The molecule has 1 atom stereocenters. The molecule has 0 saturated carbocycles. The maximum Gasteiger partial charge on any atom is 0.299 e. The van der Waals surface area contributed by atoms with Gasteiger partial charge in [-0.05, 0) is 48.1 Å². The summed E-state index contributed by atoms with van der Waals surface area (Å²) in [6, 6.07) is 5.79. The molecule has 0 spiro atoms. The minimum absolute atomic E-state index is 0.0492. The highest BCUT2D eigenvalue weighted by Gasteiger charge is 2.37. The summed E-state index contributed by atoms with van der Waals surface area (Å²) in [5, 5.41) is 2.06. The van der Waals surface area contributed by atoms with Crippen molar-refractivity contribution in [3.63, 3.8) is 0 Å². The van der Waals surface area contributed by atoms with E-state index in [9.17, 15) is 18.8 Å². The van der Waals surface area contributed by atoms with E-state index in [0.717, 1.165) is 18.9 Å². The van der Waals surface area contributed by atoms with E-state index < -0.39 is 17.5 Å². The molecule has 5 nitrogen and oxygen atoms in total. The number of benzene rings is 1. The first-order valence-electron chi connectivity index (χ1n) is 9.02. The normalized spacial score (nSPS) is 18.7. The quantitative estimate of drug-likeness (QED) is 0.758. The van der Waals surface area contributed by atoms with Crippen molar-refractivity contribution in [2.75, 3.05) is 18.0 Å². The zero-order chi connectivity index (χ0) is 19.1. The van der Waals surface area contributed by atoms with Crippen molar-refractivity contribution in [1.29, 1.82) is 0 Å². The van der Waals surface area contributed by atoms with Gasteiger partial charge in [-0.1, -0.05) is 6.92 Å². The Kier molecular flexibility index (Phi) is 4.55. The molecule has 2 aliphatic heterocycles. The summed E-state index contributed by atoms with van der Waals surface area (Å²) in [7, 11) is 0. The van der Waals surface area contributed by atoms with E-state index in [-0.39, 0.29) is 36.2 Å². The van der Waals surface area contributed by atoms with Crippen molar-refractivity contribution in [3.8, 4) is 0 Å². The highest BCUT2D eigenvalue weighted by Crippen LogP contribution is 2.36. The number of hydrogen-bond donors (Lipinski definition) is 0. The lowest BCUT2D eigenvalue weighted by atomic mass is 9.97. The third-order valence-electron chi connectivity index (χ3n) is 5.29. The second-order valence-corrected chi connectivity index (χ2v) is 7.76. The van der Waals surface area contributed by atoms with Gasteiger partial charge >= 0.3 is 0 Å². The summed E-state index contributed by atoms with van der Waals surface area (Å²) in [5.74, 6) is -1.91. The molecule has 0 bridgehead atoms. The van der Waals surface area contributed by atoms with Crippen LogP contribution in [-0.2, 0) is 16.0 Å². The lowest BCUT2D eigenvalue weighted by molar-refractivity contribution is -0.134. The van der Waals surface area contributed by atoms with Gasteiger partial charge in [-0.15, -0.1) is 11.3 Å². The van der Waals surface area contributed by atoms with E-state index in [4.69, 9.17) is 0 Å². The van der Waals surface area contributed by atoms with Gasteiger partial charge in [0.25, 0.3) is 11.7 Å². The predicted molar refractivity (Wildman–Crippen MR) is 100 cm³/mol. The first kappa shape index (κ1) is 17.9. The Labute approximate surface area is 160 Å². The number of carbonyl (C=O) groups excluding carboxylic acids is 3. The molecule has 27 heavy (non-hydrogen) atoms. The van der Waals surface area contributed by atoms with Gasteiger partial charge in [-0.25, -0.2) is 4.39 Å². The standard InChI is InChI=1S/C20H19FN2O3S/c1-2-15-13-7-10-27-17(13)5-8-22(15)18(24)6-9-23-16-11-12(21)3-4-14(16)19(25)20(23)26/h3-4,7,10-11,15H,2,5-6,8-9H2,1H3. The molecule has 1 aromatic heterocycles. The van der Waals surface area contributed by atoms with E-state index in [1.807, 2.05) is 4.90 Å². The Morgan fingerprint density at radius 1 is 1.30 bits per heavy atom. The zero-order valence-electron chi connectivity index (χ0n) is 14.9. The topological polar surface area (TPSA) is 57.7 Å². The van der Waals surface area contributed by atoms with Crippen LogP contribution in [0.4, 0.5) is 10.1 Å². The molecule has 1 aromatic carbocycles. The molecule has 2 amide bonds. The van der Waals surface area contributed by atoms with Gasteiger partial charge in [-0.3, -0.25) is 14.4 Å². The molecular formula is C20H19FN2O3S. The van der Waals surface area contributed by atoms with Crippen LogP contribution in [-0.4, -0.2) is 35.6 Å². The summed E-state index contributed by atoms with van der Waals surface area (Å²) in [6.45, 7) is 2.78. The van der Waals surface area contributed by atoms with Crippen LogP contribution in [0.25, 0.3) is 0 Å². The van der Waals surface area contributed by atoms with Gasteiger partial charge in [0.15, 0.2) is 0 Å². The lowest BCUT2D eigenvalue weighted by Crippen LogP contribution is -2.41. The van der Waals surface area contributed by atoms with Crippen LogP contribution in [0.1, 0.15) is 46.6 Å². The van der Waals surface area contributed by atoms with Gasteiger partial charge in [0.2, 0.25) is 5.91 Å². The van der Waals surface area contributed by atoms with E-state index in [1.54, 1.807) is 11.3 Å². The molecule has 140 valence electrons. The fourth-order valence-electron chi connectivity index (χ4n) is 3.98. The molecular weight excluding hydrogens is 367 g/mol. The van der Waals surface area contributed by atoms with Crippen molar-refractivity contribution < 1.29 is 18.8 Å². The van der Waals surface area contributed by atoms with Crippen molar-refractivity contribution in [2.24, 2.45) is 0 Å². The number of anilines is 1. The predicted octanol–water partition coefficient (Wildman–Crippen LogP) is 3.34. The molecule has 3 heterocycles. The molecule has 7 heteroatoms. The summed E-state index contributed by atoms with van der Waals surface area (Å²) < 4.78 is 13.6. The number of halogens is 1. The van der Waals surface area contributed by atoms with Crippen molar-refractivity contribution in [2.45, 2.75) is 32.2 Å². The highest BCUT2D eigenvalue weighted by molar-refractivity contribution is 7.10. The molecule has 0 aliphatic carbocycles. The number of fused-ring (bicyclic) bond motifs is 2. The zero-order valence-corrected chi connectivity index (χ0v) is 15.7. The van der Waals surface area contributed by atoms with E-state index in [1.165, 1.54) is 27.5 Å². The second kappa shape index (κ2) is 6.88. The molecule has 2 aromatic rings. The Morgan fingerprint density at radius 3 is 2.89 bits per heavy atom. The number of nitrogens with zero attached hydrogens (tertiary/aromatic N) is 2. The minimum Gasteiger partial charge on any atom is -0.335 e. The third-order valence-corrected chi connectivity index (χ3v) is 6.28. The number of thiophene rings is 1. The van der Waals surface area contributed by atoms with Gasteiger partial charge in [0, 0.05) is 24.4 Å². The van der Waals surface area contributed by atoms with Crippen LogP contribution >= 0.6 is 11.3 Å². The van der Waals surface area contributed by atoms with Gasteiger partial charge in [-0.2, -0.15) is 0 Å². The average Bonchev–Trinajstić information content (AvgIpc) is 3.23. The summed E-state index contributed by atoms with van der Waals surface area (Å²) >= 11 is 1.72. The second-order valence-electron chi connectivity index (χ2n) is 6.76. The number of rotatable bonds is 4. The molecule has 2 aliphatic rings. The number of carbonyl (C=O) groups is 3. The van der Waals surface area contributed by atoms with E-state index in [0.29, 0.717) is 6.54 Å². The Morgan fingerprint density at radius 2 is 2.11 bits per heavy atom. The fraction of sp³-hybridized carbons (Fsp3) is 0.350. The molecule has 4 rings (SSSR count). The number of ketones is 1. The van der Waals surface area contributed by atoms with Crippen LogP contribution in [0.5, 0.6) is 0 Å². The number of amides is 2. The number of hydrogen-bond acceptors (Lipinski definition) is 4. The van der Waals surface area contributed by atoms with E-state index >= 15 is 0 Å². The van der Waals surface area contributed by atoms with Crippen LogP contribution in [0, 0.1) is 5.82 Å². The summed E-state index contributed by atoms with van der Waals surface area (Å²) in [4.78, 5) is 41.6. The smallest absolute Gasteiger partial charge is 0.299 e. The monoisotopic (exact) mass is 386 g/mol. The third kappa shape index (κ3) is 2.96. The van der Waals surface area contributed by atoms with Gasteiger partial charge in [0.05, 0.1) is 17.3 Å². The van der Waals surface area contributed by atoms with Crippen molar-refractivity contribution >= 4 is 34.6 Å². The fourth-order valence-corrected chi connectivity index (χ4v) is 4.90. The van der Waals surface area contributed by atoms with Crippen molar-refractivity contribution in [1.82, 2.24) is 4.90 Å². The highest BCUT2D eigenvalue weighted by atomic mass is 32.1. The maximum atomic E-state index is 13.6. The Bertz CT molecular complexity index is 939. The molecule has 0 saturated heterocycles. The molecule has 0 radical (unpaired) electrons. The van der Waals surface area contributed by atoms with Crippen LogP contribution < -0.4 is 4.90 Å². The van der Waals surface area contributed by atoms with Crippen molar-refractivity contribution in [3.05, 3.63) is 51.5 Å². The summed E-state index contributed by atoms with van der Waals surface area (Å²) in [5.41, 5.74) is 1.66. The van der Waals surface area contributed by atoms with Crippen LogP contribution in [0.2, 0.25) is 0 Å². The average molecular weight is 386 g/mol. The Hall–Kier alpha value is -2.54. The Balaban J connectivity index is 1.50. The summed E-state index contributed by atoms with van der Waals surface area (Å²) in [6.07, 6.45) is 1.76. The SMILES string of the molecule is CCC1c2ccsc2CCN1C(=O)CCN1C(=O)C(=O)c2ccc(F)cc21. The lowest BCUT2D eigenvalue weighted by Gasteiger charge is -2.36. The van der Waals surface area contributed by atoms with Gasteiger partial charge < -0.3 is 9.80 Å². The minimum atomic E-state index is -0.700. The first-order valence-corrected chi connectivity index (χ1v) is 9.90. The number of Topliss-reactive ketones (excluding diaryl/α,β-unsaturated/α-hetero) is 1. The molecule has 0 fully saturated rings. The largest absolute Gasteiger partial charge is 0.335 e. The first-order chi connectivity index (χ1) is 13.0. The van der Waals surface area contributed by atoms with Crippen LogP contribution in [0.3, 0.4) is 0 Å².